The topological polar surface area (TPSA) is 48.5 Å². The number of hydrogen-bond acceptors (Lipinski definition) is 5. The van der Waals surface area contributed by atoms with E-state index in [0.717, 1.165) is 43.3 Å². The van der Waals surface area contributed by atoms with Crippen molar-refractivity contribution < 1.29 is 4.79 Å². The van der Waals surface area contributed by atoms with Gasteiger partial charge in [0.2, 0.25) is 0 Å². The first-order chi connectivity index (χ1) is 11.3. The van der Waals surface area contributed by atoms with Crippen LogP contribution < -0.4 is 5.32 Å². The Bertz CT molecular complexity index is 679. The second-order valence-electron chi connectivity index (χ2n) is 6.10. The van der Waals surface area contributed by atoms with E-state index in [1.807, 2.05) is 35.7 Å². The number of nitrogens with one attached hydrogen (secondary N) is 1. The highest BCUT2D eigenvalue weighted by Crippen LogP contribution is 2.23. The Morgan fingerprint density at radius 1 is 1.22 bits per heavy atom. The Kier molecular flexibility index (Phi) is 4.11. The van der Waals surface area contributed by atoms with Crippen LogP contribution in [0.25, 0.3) is 10.6 Å². The molecule has 1 atom stereocenters. The van der Waals surface area contributed by atoms with E-state index in [4.69, 9.17) is 0 Å². The second kappa shape index (κ2) is 6.39. The lowest BCUT2D eigenvalue weighted by atomic mass is 10.1. The van der Waals surface area contributed by atoms with Gasteiger partial charge in [0.15, 0.2) is 0 Å². The van der Waals surface area contributed by atoms with Crippen molar-refractivity contribution in [1.82, 2.24) is 20.1 Å². The van der Waals surface area contributed by atoms with Crippen molar-refractivity contribution in [3.63, 3.8) is 0 Å². The molecule has 6 heteroatoms. The van der Waals surface area contributed by atoms with Crippen LogP contribution in [0.2, 0.25) is 0 Å². The number of hydrogen-bond donors (Lipinski definition) is 1. The summed E-state index contributed by atoms with van der Waals surface area (Å²) >= 11 is 1.51. The van der Waals surface area contributed by atoms with Gasteiger partial charge in [-0.25, -0.2) is 4.98 Å². The zero-order valence-electron chi connectivity index (χ0n) is 12.9. The largest absolute Gasteiger partial charge is 0.349 e. The van der Waals surface area contributed by atoms with E-state index in [1.54, 1.807) is 0 Å². The summed E-state index contributed by atoms with van der Waals surface area (Å²) in [6.45, 7) is 6.33. The number of piperazine rings is 3. The molecule has 0 spiro atoms. The molecule has 3 saturated heterocycles. The summed E-state index contributed by atoms with van der Waals surface area (Å²) in [5.74, 6) is -0.0684. The number of carbonyl (C=O) groups excluding carboxylic acids is 1. The molecule has 3 fully saturated rings. The lowest BCUT2D eigenvalue weighted by Gasteiger charge is -2.47. The van der Waals surface area contributed by atoms with Crippen molar-refractivity contribution in [3.8, 4) is 10.6 Å². The Morgan fingerprint density at radius 2 is 2.00 bits per heavy atom. The fourth-order valence-corrected chi connectivity index (χ4v) is 4.12. The van der Waals surface area contributed by atoms with E-state index in [9.17, 15) is 4.79 Å². The molecule has 0 radical (unpaired) electrons. The average molecular weight is 328 g/mol. The molecule has 1 unspecified atom stereocenters. The van der Waals surface area contributed by atoms with Crippen molar-refractivity contribution in [2.75, 3.05) is 39.3 Å². The van der Waals surface area contributed by atoms with Crippen LogP contribution in [-0.4, -0.2) is 66.0 Å². The van der Waals surface area contributed by atoms with Gasteiger partial charge < -0.3 is 5.32 Å². The Morgan fingerprint density at radius 3 is 2.70 bits per heavy atom. The molecule has 120 valence electrons. The molecule has 0 aliphatic carbocycles. The van der Waals surface area contributed by atoms with Gasteiger partial charge in [-0.05, 0) is 0 Å². The van der Waals surface area contributed by atoms with Gasteiger partial charge >= 0.3 is 0 Å². The average Bonchev–Trinajstić information content (AvgIpc) is 3.12. The van der Waals surface area contributed by atoms with Crippen molar-refractivity contribution in [2.24, 2.45) is 0 Å². The molecule has 5 nitrogen and oxygen atoms in total. The molecule has 23 heavy (non-hydrogen) atoms. The van der Waals surface area contributed by atoms with Crippen molar-refractivity contribution in [3.05, 3.63) is 41.4 Å². The number of nitrogens with zero attached hydrogens (tertiary/aromatic N) is 3. The molecule has 2 bridgehead atoms. The van der Waals surface area contributed by atoms with Gasteiger partial charge in [0.1, 0.15) is 10.7 Å². The number of fused-ring (bicyclic) bond motifs is 3. The maximum Gasteiger partial charge on any atom is 0.270 e. The third kappa shape index (κ3) is 3.15. The SMILES string of the molecule is O=C(NCC1CN2CCN1CC2)c1csc(-c2ccccc2)n1. The fourth-order valence-electron chi connectivity index (χ4n) is 3.31. The van der Waals surface area contributed by atoms with Crippen LogP contribution in [0.5, 0.6) is 0 Å². The lowest BCUT2D eigenvalue weighted by Crippen LogP contribution is -2.63. The zero-order chi connectivity index (χ0) is 15.6. The molecule has 3 aliphatic heterocycles. The van der Waals surface area contributed by atoms with Crippen LogP contribution in [0, 0.1) is 0 Å². The van der Waals surface area contributed by atoms with E-state index in [-0.39, 0.29) is 5.91 Å². The monoisotopic (exact) mass is 328 g/mol. The van der Waals surface area contributed by atoms with E-state index in [1.165, 1.54) is 11.3 Å². The molecule has 1 aromatic heterocycles. The fraction of sp³-hybridized carbons (Fsp3) is 0.412. The highest BCUT2D eigenvalue weighted by atomic mass is 32.1. The highest BCUT2D eigenvalue weighted by Gasteiger charge is 2.31. The van der Waals surface area contributed by atoms with Crippen LogP contribution in [0.3, 0.4) is 0 Å². The Hall–Kier alpha value is -1.76. The summed E-state index contributed by atoms with van der Waals surface area (Å²) in [5.41, 5.74) is 1.57. The maximum absolute atomic E-state index is 12.3. The van der Waals surface area contributed by atoms with Crippen LogP contribution in [0.15, 0.2) is 35.7 Å². The highest BCUT2D eigenvalue weighted by molar-refractivity contribution is 7.13. The van der Waals surface area contributed by atoms with Crippen LogP contribution >= 0.6 is 11.3 Å². The summed E-state index contributed by atoms with van der Waals surface area (Å²) in [7, 11) is 0. The molecule has 4 heterocycles. The van der Waals surface area contributed by atoms with Gasteiger partial charge in [0.05, 0.1) is 0 Å². The first-order valence-electron chi connectivity index (χ1n) is 8.05. The number of thiazole rings is 1. The van der Waals surface area contributed by atoms with Gasteiger partial charge in [0.25, 0.3) is 5.91 Å². The number of carbonyl (C=O) groups is 1. The normalized spacial score (nSPS) is 26.2. The zero-order valence-corrected chi connectivity index (χ0v) is 13.8. The predicted octanol–water partition coefficient (Wildman–Crippen LogP) is 1.54. The number of benzene rings is 1. The first kappa shape index (κ1) is 14.8. The van der Waals surface area contributed by atoms with E-state index in [0.29, 0.717) is 18.3 Å². The minimum atomic E-state index is -0.0684. The Labute approximate surface area is 139 Å². The van der Waals surface area contributed by atoms with Crippen LogP contribution in [0.1, 0.15) is 10.5 Å². The van der Waals surface area contributed by atoms with E-state index >= 15 is 0 Å². The standard InChI is InChI=1S/C17H20N4OS/c22-16(18-10-14-11-20-6-8-21(14)9-7-20)15-12-23-17(19-15)13-4-2-1-3-5-13/h1-5,12,14H,6-11H2,(H,18,22). The lowest BCUT2D eigenvalue weighted by molar-refractivity contribution is 0.0138. The number of amides is 1. The molecule has 1 amide bonds. The molecule has 3 aliphatic rings. The minimum absolute atomic E-state index is 0.0684. The molecule has 5 rings (SSSR count). The molecular weight excluding hydrogens is 308 g/mol. The van der Waals surface area contributed by atoms with E-state index < -0.39 is 0 Å². The van der Waals surface area contributed by atoms with Gasteiger partial charge in [-0.15, -0.1) is 11.3 Å². The van der Waals surface area contributed by atoms with Gasteiger partial charge in [0, 0.05) is 56.3 Å². The predicted molar refractivity (Wildman–Crippen MR) is 91.7 cm³/mol. The molecule has 1 N–H and O–H groups in total. The number of rotatable bonds is 4. The van der Waals surface area contributed by atoms with Gasteiger partial charge in [-0.1, -0.05) is 30.3 Å². The van der Waals surface area contributed by atoms with Gasteiger partial charge in [-0.3, -0.25) is 14.6 Å². The molecule has 1 aromatic carbocycles. The first-order valence-corrected chi connectivity index (χ1v) is 8.93. The third-order valence-corrected chi connectivity index (χ3v) is 5.54. The minimum Gasteiger partial charge on any atom is -0.349 e. The number of aromatic nitrogens is 1. The summed E-state index contributed by atoms with van der Waals surface area (Å²) in [4.78, 5) is 21.8. The summed E-state index contributed by atoms with van der Waals surface area (Å²) < 4.78 is 0. The Balaban J connectivity index is 1.37. The van der Waals surface area contributed by atoms with Gasteiger partial charge in [-0.2, -0.15) is 0 Å². The summed E-state index contributed by atoms with van der Waals surface area (Å²) in [5, 5.41) is 5.79. The summed E-state index contributed by atoms with van der Waals surface area (Å²) in [6.07, 6.45) is 0. The second-order valence-corrected chi connectivity index (χ2v) is 6.96. The van der Waals surface area contributed by atoms with Crippen molar-refractivity contribution in [2.45, 2.75) is 6.04 Å². The third-order valence-electron chi connectivity index (χ3n) is 4.65. The quantitative estimate of drug-likeness (QED) is 0.925. The van der Waals surface area contributed by atoms with E-state index in [2.05, 4.69) is 20.1 Å². The van der Waals surface area contributed by atoms with Crippen molar-refractivity contribution >= 4 is 17.2 Å². The molecular formula is C17H20N4OS. The summed E-state index contributed by atoms with van der Waals surface area (Å²) in [6, 6.07) is 10.4. The van der Waals surface area contributed by atoms with Crippen LogP contribution in [-0.2, 0) is 0 Å². The smallest absolute Gasteiger partial charge is 0.270 e. The maximum atomic E-state index is 12.3. The molecule has 0 saturated carbocycles. The van der Waals surface area contributed by atoms with Crippen molar-refractivity contribution in [1.29, 1.82) is 0 Å². The molecule has 2 aromatic rings. The van der Waals surface area contributed by atoms with Crippen LogP contribution in [0.4, 0.5) is 0 Å².